The molecule has 0 bridgehead atoms. The number of hydrogen-bond acceptors (Lipinski definition) is 4. The lowest BCUT2D eigenvalue weighted by atomic mass is 10.1. The maximum Gasteiger partial charge on any atom is 0.273 e. The normalized spacial score (nSPS) is 20.9. The SMILES string of the molecule is O=C1NC(=S)NC1=Cc1cccc(C=C2NC(=S)NC2=O)c1. The predicted molar refractivity (Wildman–Crippen MR) is 90.1 cm³/mol. The summed E-state index contributed by atoms with van der Waals surface area (Å²) in [5.41, 5.74) is 2.37. The number of carbonyl (C=O) groups excluding carboxylic acids is 2. The summed E-state index contributed by atoms with van der Waals surface area (Å²) in [6.45, 7) is 0. The van der Waals surface area contributed by atoms with Crippen molar-refractivity contribution in [3.05, 3.63) is 46.8 Å². The molecule has 2 aliphatic heterocycles. The first kappa shape index (κ1) is 14.4. The summed E-state index contributed by atoms with van der Waals surface area (Å²) in [6.07, 6.45) is 3.37. The standard InChI is InChI=1S/C14H10N4O2S2/c19-11-9(15-13(21)17-11)5-7-2-1-3-8(4-7)6-10-12(20)18-14(22)16-10/h1-6H,(H2,15,17,19,21)(H2,16,18,20,22). The molecule has 0 saturated carbocycles. The van der Waals surface area contributed by atoms with Gasteiger partial charge in [0.2, 0.25) is 0 Å². The van der Waals surface area contributed by atoms with Crippen LogP contribution in [0.25, 0.3) is 12.2 Å². The quantitative estimate of drug-likeness (QED) is 0.464. The number of carbonyl (C=O) groups is 2. The zero-order chi connectivity index (χ0) is 15.7. The molecular formula is C14H10N4O2S2. The van der Waals surface area contributed by atoms with E-state index >= 15 is 0 Å². The third-order valence-corrected chi connectivity index (χ3v) is 3.38. The number of nitrogens with one attached hydrogen (secondary N) is 4. The van der Waals surface area contributed by atoms with Crippen molar-refractivity contribution in [1.82, 2.24) is 21.3 Å². The van der Waals surface area contributed by atoms with Crippen LogP contribution >= 0.6 is 24.4 Å². The molecule has 6 nitrogen and oxygen atoms in total. The van der Waals surface area contributed by atoms with Gasteiger partial charge in [-0.2, -0.15) is 0 Å². The van der Waals surface area contributed by atoms with Crippen LogP contribution in [0.4, 0.5) is 0 Å². The Morgan fingerprint density at radius 3 is 1.59 bits per heavy atom. The summed E-state index contributed by atoms with van der Waals surface area (Å²) in [5.74, 6) is -0.535. The maximum absolute atomic E-state index is 11.6. The van der Waals surface area contributed by atoms with Gasteiger partial charge in [0.05, 0.1) is 0 Å². The van der Waals surface area contributed by atoms with Crippen molar-refractivity contribution in [2.24, 2.45) is 0 Å². The molecule has 0 spiro atoms. The highest BCUT2D eigenvalue weighted by molar-refractivity contribution is 7.80. The molecule has 0 unspecified atom stereocenters. The highest BCUT2D eigenvalue weighted by Gasteiger charge is 2.21. The summed E-state index contributed by atoms with van der Waals surface area (Å²) in [7, 11) is 0. The van der Waals surface area contributed by atoms with Crippen LogP contribution in [0.15, 0.2) is 35.7 Å². The highest BCUT2D eigenvalue weighted by atomic mass is 32.1. The van der Waals surface area contributed by atoms with Gasteiger partial charge in [0.1, 0.15) is 11.4 Å². The van der Waals surface area contributed by atoms with E-state index < -0.39 is 0 Å². The fourth-order valence-electron chi connectivity index (χ4n) is 2.04. The van der Waals surface area contributed by atoms with E-state index in [1.54, 1.807) is 12.2 Å². The van der Waals surface area contributed by atoms with Crippen LogP contribution in [0, 0.1) is 0 Å². The van der Waals surface area contributed by atoms with Gasteiger partial charge < -0.3 is 10.6 Å². The van der Waals surface area contributed by atoms with Gasteiger partial charge >= 0.3 is 0 Å². The number of benzene rings is 1. The molecule has 0 atom stereocenters. The molecule has 3 rings (SSSR count). The molecule has 0 aromatic heterocycles. The van der Waals surface area contributed by atoms with Crippen molar-refractivity contribution in [2.75, 3.05) is 0 Å². The molecular weight excluding hydrogens is 320 g/mol. The molecule has 2 heterocycles. The van der Waals surface area contributed by atoms with E-state index in [-0.39, 0.29) is 22.0 Å². The Morgan fingerprint density at radius 1 is 0.773 bits per heavy atom. The lowest BCUT2D eigenvalue weighted by Gasteiger charge is -2.00. The molecule has 8 heteroatoms. The highest BCUT2D eigenvalue weighted by Crippen LogP contribution is 2.14. The zero-order valence-corrected chi connectivity index (χ0v) is 12.7. The number of thiocarbonyl (C=S) groups is 2. The summed E-state index contributed by atoms with van der Waals surface area (Å²) < 4.78 is 0. The van der Waals surface area contributed by atoms with Gasteiger partial charge in [0.15, 0.2) is 10.2 Å². The minimum absolute atomic E-state index is 0.268. The summed E-state index contributed by atoms with van der Waals surface area (Å²) in [5, 5.41) is 11.1. The predicted octanol–water partition coefficient (Wildman–Crippen LogP) is 0.377. The maximum atomic E-state index is 11.6. The lowest BCUT2D eigenvalue weighted by molar-refractivity contribution is -0.116. The molecule has 0 radical (unpaired) electrons. The third-order valence-electron chi connectivity index (χ3n) is 2.97. The van der Waals surface area contributed by atoms with Crippen LogP contribution in [-0.2, 0) is 9.59 Å². The number of amides is 2. The van der Waals surface area contributed by atoms with Crippen LogP contribution in [0.3, 0.4) is 0 Å². The van der Waals surface area contributed by atoms with Gasteiger partial charge in [-0.1, -0.05) is 18.2 Å². The first-order valence-corrected chi connectivity index (χ1v) is 7.11. The minimum atomic E-state index is -0.268. The second-order valence-corrected chi connectivity index (χ2v) is 5.42. The largest absolute Gasteiger partial charge is 0.328 e. The van der Waals surface area contributed by atoms with Gasteiger partial charge in [-0.15, -0.1) is 0 Å². The lowest BCUT2D eigenvalue weighted by Crippen LogP contribution is -2.21. The van der Waals surface area contributed by atoms with Gasteiger partial charge in [-0.3, -0.25) is 20.2 Å². The Balaban J connectivity index is 1.88. The fourth-order valence-corrected chi connectivity index (χ4v) is 2.44. The first-order valence-electron chi connectivity index (χ1n) is 6.29. The van der Waals surface area contributed by atoms with Gasteiger partial charge in [0.25, 0.3) is 11.8 Å². The van der Waals surface area contributed by atoms with Gasteiger partial charge in [0, 0.05) is 0 Å². The second-order valence-electron chi connectivity index (χ2n) is 4.60. The average Bonchev–Trinajstić information content (AvgIpc) is 2.92. The van der Waals surface area contributed by atoms with E-state index in [1.165, 1.54) is 0 Å². The van der Waals surface area contributed by atoms with E-state index in [4.69, 9.17) is 24.4 Å². The van der Waals surface area contributed by atoms with Crippen LogP contribution < -0.4 is 21.3 Å². The van der Waals surface area contributed by atoms with Crippen molar-refractivity contribution < 1.29 is 9.59 Å². The average molecular weight is 330 g/mol. The summed E-state index contributed by atoms with van der Waals surface area (Å²) in [4.78, 5) is 23.2. The van der Waals surface area contributed by atoms with Crippen molar-refractivity contribution >= 4 is 58.6 Å². The first-order chi connectivity index (χ1) is 10.5. The summed E-state index contributed by atoms with van der Waals surface area (Å²) in [6, 6.07) is 7.36. The van der Waals surface area contributed by atoms with Crippen molar-refractivity contribution in [3.63, 3.8) is 0 Å². The smallest absolute Gasteiger partial charge is 0.273 e. The van der Waals surface area contributed by atoms with Crippen molar-refractivity contribution in [1.29, 1.82) is 0 Å². The Hall–Kier alpha value is -2.58. The number of rotatable bonds is 2. The monoisotopic (exact) mass is 330 g/mol. The van der Waals surface area contributed by atoms with Gasteiger partial charge in [-0.25, -0.2) is 0 Å². The summed E-state index contributed by atoms with van der Waals surface area (Å²) >= 11 is 9.75. The molecule has 110 valence electrons. The van der Waals surface area contributed by atoms with Crippen LogP contribution in [0.1, 0.15) is 11.1 Å². The van der Waals surface area contributed by atoms with E-state index in [0.717, 1.165) is 11.1 Å². The van der Waals surface area contributed by atoms with Crippen molar-refractivity contribution in [2.45, 2.75) is 0 Å². The van der Waals surface area contributed by atoms with Crippen LogP contribution in [-0.4, -0.2) is 22.0 Å². The molecule has 1 aromatic rings. The zero-order valence-electron chi connectivity index (χ0n) is 11.1. The second kappa shape index (κ2) is 5.66. The Labute approximate surface area is 136 Å². The van der Waals surface area contributed by atoms with E-state index in [2.05, 4.69) is 21.3 Å². The number of hydrogen-bond donors (Lipinski definition) is 4. The molecule has 2 amide bonds. The topological polar surface area (TPSA) is 82.3 Å². The fraction of sp³-hybridized carbons (Fsp3) is 0. The van der Waals surface area contributed by atoms with Crippen LogP contribution in [0.5, 0.6) is 0 Å². The Kier molecular flexibility index (Phi) is 3.70. The van der Waals surface area contributed by atoms with Crippen LogP contribution in [0.2, 0.25) is 0 Å². The van der Waals surface area contributed by atoms with E-state index in [0.29, 0.717) is 11.4 Å². The van der Waals surface area contributed by atoms with E-state index in [1.807, 2.05) is 24.3 Å². The molecule has 0 aliphatic carbocycles. The van der Waals surface area contributed by atoms with Crippen molar-refractivity contribution in [3.8, 4) is 0 Å². The molecule has 2 aliphatic rings. The Bertz CT molecular complexity index is 722. The molecule has 4 N–H and O–H groups in total. The van der Waals surface area contributed by atoms with Gasteiger partial charge in [-0.05, 0) is 53.8 Å². The molecule has 2 fully saturated rings. The molecule has 2 saturated heterocycles. The van der Waals surface area contributed by atoms with E-state index in [9.17, 15) is 9.59 Å². The molecule has 1 aromatic carbocycles. The Morgan fingerprint density at radius 2 is 1.23 bits per heavy atom. The third kappa shape index (κ3) is 3.02. The minimum Gasteiger partial charge on any atom is -0.328 e. The molecule has 22 heavy (non-hydrogen) atoms.